The number of carbonyl (C=O) groups is 2. The molecule has 0 aliphatic carbocycles. The Morgan fingerprint density at radius 3 is 2.60 bits per heavy atom. The first-order valence-electron chi connectivity index (χ1n) is 13.2. The lowest BCUT2D eigenvalue weighted by molar-refractivity contribution is -0.137. The molecule has 1 amide bonds. The third-order valence-corrected chi connectivity index (χ3v) is 8.18. The highest BCUT2D eigenvalue weighted by Crippen LogP contribution is 2.23. The van der Waals surface area contributed by atoms with E-state index in [0.717, 1.165) is 11.3 Å². The van der Waals surface area contributed by atoms with Gasteiger partial charge in [-0.3, -0.25) is 14.5 Å². The molecule has 3 aromatic rings. The number of nitrogens with one attached hydrogen (secondary N) is 2. The van der Waals surface area contributed by atoms with Gasteiger partial charge in [0.25, 0.3) is 5.56 Å². The first-order valence-corrected chi connectivity index (χ1v) is 15.7. The maximum Gasteiger partial charge on any atom is 0.412 e. The molecule has 14 heteroatoms. The third-order valence-electron chi connectivity index (χ3n) is 5.77. The smallest absolute Gasteiger partial charge is 0.412 e. The van der Waals surface area contributed by atoms with E-state index in [0.29, 0.717) is 23.3 Å². The summed E-state index contributed by atoms with van der Waals surface area (Å²) in [5.41, 5.74) is 7.12. The highest BCUT2D eigenvalue weighted by atomic mass is 33.1. The standard InChI is InChI=1S/C28H36N6O6S2/c1-5-34(27(38)39-11-12-41-42-15-19(29)26(36)37)17-40-25-22(14-20-23(28(2,3)4)31-16-30-20)32-24(35)21(33-25)13-18-9-7-6-8-10-18/h6-10,13-14,16,19H,5,11-12,15,17,29H2,1-4H3,(H,30,31)(H,32,35)(H,36,37)/b21-13-,22-14-/t19-/m0/s1. The van der Waals surface area contributed by atoms with Crippen LogP contribution in [0.25, 0.3) is 12.2 Å². The number of aliphatic carboxylic acids is 1. The molecule has 0 fully saturated rings. The molecule has 0 radical (unpaired) electrons. The second-order valence-electron chi connectivity index (χ2n) is 10.1. The van der Waals surface area contributed by atoms with Gasteiger partial charge in [0, 0.05) is 29.2 Å². The molecular weight excluding hydrogens is 580 g/mol. The number of benzene rings is 1. The third kappa shape index (κ3) is 9.67. The zero-order valence-electron chi connectivity index (χ0n) is 24.0. The molecule has 0 aliphatic rings. The van der Waals surface area contributed by atoms with Gasteiger partial charge in [-0.15, -0.1) is 0 Å². The van der Waals surface area contributed by atoms with Crippen LogP contribution in [0.3, 0.4) is 0 Å². The van der Waals surface area contributed by atoms with Gasteiger partial charge in [-0.05, 0) is 24.6 Å². The zero-order chi connectivity index (χ0) is 30.7. The van der Waals surface area contributed by atoms with Crippen LogP contribution in [0.15, 0.2) is 41.5 Å². The molecule has 3 rings (SSSR count). The maximum absolute atomic E-state index is 13.0. The Balaban J connectivity index is 1.80. The van der Waals surface area contributed by atoms with E-state index >= 15 is 0 Å². The molecule has 0 bridgehead atoms. The van der Waals surface area contributed by atoms with Gasteiger partial charge in [0.1, 0.15) is 23.3 Å². The van der Waals surface area contributed by atoms with Gasteiger partial charge >= 0.3 is 12.1 Å². The number of rotatable bonds is 13. The molecule has 1 atom stereocenters. The van der Waals surface area contributed by atoms with E-state index < -0.39 is 23.7 Å². The number of nitrogens with two attached hydrogens (primary N) is 1. The van der Waals surface area contributed by atoms with Crippen LogP contribution in [0.2, 0.25) is 0 Å². The Labute approximate surface area is 251 Å². The lowest BCUT2D eigenvalue weighted by Crippen LogP contribution is -2.40. The quantitative estimate of drug-likeness (QED) is 0.126. The topological polar surface area (TPSA) is 177 Å². The Kier molecular flexibility index (Phi) is 12.1. The Bertz CT molecular complexity index is 1520. The summed E-state index contributed by atoms with van der Waals surface area (Å²) in [4.78, 5) is 52.7. The number of imidazole rings is 1. The summed E-state index contributed by atoms with van der Waals surface area (Å²) in [5, 5.41) is 9.29. The van der Waals surface area contributed by atoms with Crippen molar-refractivity contribution in [2.45, 2.75) is 39.2 Å². The highest BCUT2D eigenvalue weighted by molar-refractivity contribution is 8.76. The molecule has 12 nitrogen and oxygen atoms in total. The summed E-state index contributed by atoms with van der Waals surface area (Å²) in [6, 6.07) is 8.36. The van der Waals surface area contributed by atoms with Crippen LogP contribution in [0.5, 0.6) is 5.88 Å². The number of H-pyrrole nitrogens is 2. The van der Waals surface area contributed by atoms with Crippen LogP contribution in [0.1, 0.15) is 44.6 Å². The number of aromatic nitrogens is 4. The SMILES string of the molecule is CCN(COc1n/c(=C\c2ccccc2)c(=O)[nH]/c1=C\c1nc[nH]c1C(C)(C)C)C(=O)OCCSSC[C@H](N)C(=O)O. The second kappa shape index (κ2) is 15.5. The minimum atomic E-state index is -1.06. The van der Waals surface area contributed by atoms with Crippen molar-refractivity contribution in [3.63, 3.8) is 0 Å². The van der Waals surface area contributed by atoms with Gasteiger partial charge < -0.3 is 30.3 Å². The van der Waals surface area contributed by atoms with Gasteiger partial charge in [0.15, 0.2) is 6.73 Å². The predicted molar refractivity (Wildman–Crippen MR) is 165 cm³/mol. The average Bonchev–Trinajstić information content (AvgIpc) is 3.42. The van der Waals surface area contributed by atoms with Gasteiger partial charge in [0.2, 0.25) is 5.88 Å². The molecule has 0 unspecified atom stereocenters. The van der Waals surface area contributed by atoms with Gasteiger partial charge in [-0.25, -0.2) is 14.8 Å². The van der Waals surface area contributed by atoms with Crippen LogP contribution >= 0.6 is 21.6 Å². The Hall–Kier alpha value is -3.75. The van der Waals surface area contributed by atoms with Crippen LogP contribution in [0.4, 0.5) is 4.79 Å². The molecule has 0 saturated carbocycles. The van der Waals surface area contributed by atoms with Crippen LogP contribution in [-0.2, 0) is 14.9 Å². The number of carboxylic acid groups (broad SMARTS) is 1. The van der Waals surface area contributed by atoms with Gasteiger partial charge in [-0.2, -0.15) is 0 Å². The van der Waals surface area contributed by atoms with Crippen molar-refractivity contribution < 1.29 is 24.2 Å². The summed E-state index contributed by atoms with van der Waals surface area (Å²) in [6.45, 7) is 8.15. The summed E-state index contributed by atoms with van der Waals surface area (Å²) in [6.07, 6.45) is 4.34. The minimum Gasteiger partial charge on any atom is -0.480 e. The molecule has 42 heavy (non-hydrogen) atoms. The number of nitrogens with zero attached hydrogens (tertiary/aromatic N) is 3. The molecule has 5 N–H and O–H groups in total. The number of ether oxygens (including phenoxy) is 2. The second-order valence-corrected chi connectivity index (χ2v) is 12.7. The van der Waals surface area contributed by atoms with Crippen molar-refractivity contribution in [2.24, 2.45) is 5.73 Å². The first kappa shape index (κ1) is 32.8. The van der Waals surface area contributed by atoms with Crippen LogP contribution < -0.4 is 26.7 Å². The monoisotopic (exact) mass is 616 g/mol. The molecule has 0 spiro atoms. The fourth-order valence-corrected chi connectivity index (χ4v) is 5.48. The number of hydrogen-bond acceptors (Lipinski definition) is 10. The van der Waals surface area contributed by atoms with Crippen molar-refractivity contribution in [2.75, 3.05) is 31.4 Å². The van der Waals surface area contributed by atoms with Crippen molar-refractivity contribution >= 4 is 45.8 Å². The molecular formula is C28H36N6O6S2. The zero-order valence-corrected chi connectivity index (χ0v) is 25.6. The molecule has 2 heterocycles. The van der Waals surface area contributed by atoms with Crippen molar-refractivity contribution in [1.82, 2.24) is 24.8 Å². The van der Waals surface area contributed by atoms with E-state index in [1.807, 2.05) is 51.1 Å². The minimum absolute atomic E-state index is 0.118. The summed E-state index contributed by atoms with van der Waals surface area (Å²) < 4.78 is 11.3. The summed E-state index contributed by atoms with van der Waals surface area (Å²) in [5.74, 6) is -0.240. The van der Waals surface area contributed by atoms with Gasteiger partial charge in [0.05, 0.1) is 12.0 Å². The van der Waals surface area contributed by atoms with E-state index in [9.17, 15) is 14.4 Å². The van der Waals surface area contributed by atoms with E-state index in [1.165, 1.54) is 26.5 Å². The number of aromatic amines is 2. The van der Waals surface area contributed by atoms with E-state index in [4.69, 9.17) is 20.3 Å². The van der Waals surface area contributed by atoms with Gasteiger partial charge in [-0.1, -0.05) is 72.7 Å². The molecule has 226 valence electrons. The lowest BCUT2D eigenvalue weighted by atomic mass is 9.90. The van der Waals surface area contributed by atoms with Crippen LogP contribution in [-0.4, -0.2) is 79.4 Å². The average molecular weight is 617 g/mol. The molecule has 0 saturated heterocycles. The van der Waals surface area contributed by atoms with E-state index in [-0.39, 0.29) is 35.7 Å². The summed E-state index contributed by atoms with van der Waals surface area (Å²) >= 11 is 0. The number of carbonyl (C=O) groups excluding carboxylic acids is 1. The molecule has 1 aromatic carbocycles. The number of hydrogen-bond donors (Lipinski definition) is 4. The fourth-order valence-electron chi connectivity index (χ4n) is 3.54. The fraction of sp³-hybridized carbons (Fsp3) is 0.393. The predicted octanol–water partition coefficient (Wildman–Crippen LogP) is 2.04. The normalized spacial score (nSPS) is 13.2. The largest absolute Gasteiger partial charge is 0.480 e. The summed E-state index contributed by atoms with van der Waals surface area (Å²) in [7, 11) is 2.67. The van der Waals surface area contributed by atoms with E-state index in [2.05, 4.69) is 19.9 Å². The molecule has 2 aromatic heterocycles. The lowest BCUT2D eigenvalue weighted by Gasteiger charge is -2.20. The number of carboxylic acids is 1. The Morgan fingerprint density at radius 2 is 1.93 bits per heavy atom. The highest BCUT2D eigenvalue weighted by Gasteiger charge is 2.20. The van der Waals surface area contributed by atoms with Crippen molar-refractivity contribution in [3.8, 4) is 5.88 Å². The van der Waals surface area contributed by atoms with Crippen molar-refractivity contribution in [3.05, 3.63) is 74.7 Å². The Morgan fingerprint density at radius 1 is 1.19 bits per heavy atom. The van der Waals surface area contributed by atoms with Crippen molar-refractivity contribution in [1.29, 1.82) is 0 Å². The van der Waals surface area contributed by atoms with E-state index in [1.54, 1.807) is 25.4 Å². The number of amides is 1. The van der Waals surface area contributed by atoms with Crippen LogP contribution in [0, 0.1) is 0 Å². The maximum atomic E-state index is 13.0. The first-order chi connectivity index (χ1) is 20.0. The molecule has 0 aliphatic heterocycles.